The van der Waals surface area contributed by atoms with Crippen molar-refractivity contribution in [1.29, 1.82) is 0 Å². The summed E-state index contributed by atoms with van der Waals surface area (Å²) >= 11 is 0. The summed E-state index contributed by atoms with van der Waals surface area (Å²) in [5.41, 5.74) is 1.38. The quantitative estimate of drug-likeness (QED) is 0.595. The van der Waals surface area contributed by atoms with Crippen LogP contribution in [0.5, 0.6) is 0 Å². The second kappa shape index (κ2) is 2.75. The predicted molar refractivity (Wildman–Crippen MR) is 48.3 cm³/mol. The molecular weight excluding hydrogens is 189 g/mol. The molecule has 0 radical (unpaired) electrons. The molecule has 0 bridgehead atoms. The fourth-order valence-electron chi connectivity index (χ4n) is 2.00. The molecule has 0 fully saturated rings. The van der Waals surface area contributed by atoms with Crippen LogP contribution in [0.25, 0.3) is 0 Å². The Morgan fingerprint density at radius 3 is 2.14 bits per heavy atom. The first-order chi connectivity index (χ1) is 6.41. The number of benzene rings is 1. The van der Waals surface area contributed by atoms with Crippen molar-refractivity contribution in [3.63, 3.8) is 0 Å². The normalized spacial score (nSPS) is 25.5. The minimum atomic E-state index is -4.21. The van der Waals surface area contributed by atoms with Crippen molar-refractivity contribution >= 4 is 0 Å². The van der Waals surface area contributed by atoms with Gasteiger partial charge in [0.2, 0.25) is 0 Å². The van der Waals surface area contributed by atoms with Crippen molar-refractivity contribution in [2.24, 2.45) is 0 Å². The van der Waals surface area contributed by atoms with Gasteiger partial charge in [0.1, 0.15) is 0 Å². The molecule has 3 heteroatoms. The first-order valence-corrected chi connectivity index (χ1v) is 4.62. The van der Waals surface area contributed by atoms with Gasteiger partial charge >= 0.3 is 6.18 Å². The molecule has 0 N–H and O–H groups in total. The molecule has 0 nitrogen and oxygen atoms in total. The summed E-state index contributed by atoms with van der Waals surface area (Å²) in [5, 5.41) is 0. The van der Waals surface area contributed by atoms with Crippen LogP contribution in [0.15, 0.2) is 18.2 Å². The molecule has 0 aromatic heterocycles. The van der Waals surface area contributed by atoms with Gasteiger partial charge in [-0.1, -0.05) is 19.9 Å². The maximum absolute atomic E-state index is 12.3. The standard InChI is InChI=1S/C11H11F3/c1-6-7(2)10-5-8(11(12,13)14)3-4-9(6)10/h3-7H,1-2H3. The smallest absolute Gasteiger partial charge is 0.166 e. The molecule has 0 amide bonds. The zero-order valence-corrected chi connectivity index (χ0v) is 8.02. The highest BCUT2D eigenvalue weighted by Crippen LogP contribution is 2.47. The van der Waals surface area contributed by atoms with Crippen LogP contribution in [0.2, 0.25) is 0 Å². The van der Waals surface area contributed by atoms with Gasteiger partial charge in [0.15, 0.2) is 0 Å². The largest absolute Gasteiger partial charge is 0.416 e. The van der Waals surface area contributed by atoms with E-state index >= 15 is 0 Å². The Morgan fingerprint density at radius 2 is 1.57 bits per heavy atom. The Balaban J connectivity index is 2.43. The highest BCUT2D eigenvalue weighted by molar-refractivity contribution is 5.46. The molecule has 0 saturated carbocycles. The molecular formula is C11H11F3. The van der Waals surface area contributed by atoms with Gasteiger partial charge < -0.3 is 0 Å². The second-order valence-corrected chi connectivity index (χ2v) is 3.92. The highest BCUT2D eigenvalue weighted by atomic mass is 19.4. The molecule has 14 heavy (non-hydrogen) atoms. The highest BCUT2D eigenvalue weighted by Gasteiger charge is 2.36. The van der Waals surface area contributed by atoms with E-state index in [1.165, 1.54) is 12.1 Å². The van der Waals surface area contributed by atoms with Crippen molar-refractivity contribution < 1.29 is 13.2 Å². The Labute approximate surface area is 80.7 Å². The summed E-state index contributed by atoms with van der Waals surface area (Å²) in [6.45, 7) is 4.01. The first kappa shape index (κ1) is 9.56. The fraction of sp³-hybridized carbons (Fsp3) is 0.455. The van der Waals surface area contributed by atoms with E-state index in [1.807, 2.05) is 13.8 Å². The van der Waals surface area contributed by atoms with Gasteiger partial charge in [-0.05, 0) is 35.1 Å². The van der Waals surface area contributed by atoms with Crippen LogP contribution >= 0.6 is 0 Å². The minimum Gasteiger partial charge on any atom is -0.166 e. The zero-order chi connectivity index (χ0) is 10.5. The van der Waals surface area contributed by atoms with Crippen molar-refractivity contribution in [3.05, 3.63) is 34.9 Å². The van der Waals surface area contributed by atoms with E-state index < -0.39 is 11.7 Å². The molecule has 2 rings (SSSR count). The van der Waals surface area contributed by atoms with E-state index in [1.54, 1.807) is 6.07 Å². The topological polar surface area (TPSA) is 0 Å². The summed E-state index contributed by atoms with van der Waals surface area (Å²) in [6.07, 6.45) is -4.21. The Morgan fingerprint density at radius 1 is 1.00 bits per heavy atom. The number of halogens is 3. The third-order valence-corrected chi connectivity index (χ3v) is 3.15. The maximum Gasteiger partial charge on any atom is 0.416 e. The van der Waals surface area contributed by atoms with Gasteiger partial charge in [0.25, 0.3) is 0 Å². The van der Waals surface area contributed by atoms with E-state index in [-0.39, 0.29) is 5.92 Å². The van der Waals surface area contributed by atoms with E-state index in [4.69, 9.17) is 0 Å². The fourth-order valence-corrected chi connectivity index (χ4v) is 2.00. The van der Waals surface area contributed by atoms with Crippen LogP contribution in [0.3, 0.4) is 0 Å². The van der Waals surface area contributed by atoms with Crippen LogP contribution in [0, 0.1) is 0 Å². The summed E-state index contributed by atoms with van der Waals surface area (Å²) in [6, 6.07) is 4.05. The van der Waals surface area contributed by atoms with Crippen molar-refractivity contribution in [1.82, 2.24) is 0 Å². The number of alkyl halides is 3. The van der Waals surface area contributed by atoms with Gasteiger partial charge in [0, 0.05) is 0 Å². The molecule has 0 saturated heterocycles. The Bertz CT molecular complexity index is 365. The third-order valence-electron chi connectivity index (χ3n) is 3.15. The lowest BCUT2D eigenvalue weighted by Gasteiger charge is -2.35. The molecule has 1 aliphatic carbocycles. The monoisotopic (exact) mass is 200 g/mol. The second-order valence-electron chi connectivity index (χ2n) is 3.92. The van der Waals surface area contributed by atoms with Crippen molar-refractivity contribution in [2.75, 3.05) is 0 Å². The van der Waals surface area contributed by atoms with Crippen LogP contribution in [0.4, 0.5) is 13.2 Å². The van der Waals surface area contributed by atoms with Crippen molar-refractivity contribution in [3.8, 4) is 0 Å². The van der Waals surface area contributed by atoms with Gasteiger partial charge in [-0.3, -0.25) is 0 Å². The van der Waals surface area contributed by atoms with Crippen LogP contribution in [-0.4, -0.2) is 0 Å². The molecule has 0 spiro atoms. The average Bonchev–Trinajstić information content (AvgIpc) is 2.14. The molecule has 2 unspecified atom stereocenters. The SMILES string of the molecule is CC1c2ccc(C(F)(F)F)cc2C1C. The van der Waals surface area contributed by atoms with Crippen molar-refractivity contribution in [2.45, 2.75) is 31.9 Å². The van der Waals surface area contributed by atoms with Gasteiger partial charge in [0.05, 0.1) is 5.56 Å². The molecule has 1 aromatic rings. The summed E-state index contributed by atoms with van der Waals surface area (Å²) < 4.78 is 37.0. The number of hydrogen-bond donors (Lipinski definition) is 0. The summed E-state index contributed by atoms with van der Waals surface area (Å²) in [5.74, 6) is 0.652. The lowest BCUT2D eigenvalue weighted by atomic mass is 9.69. The van der Waals surface area contributed by atoms with Crippen LogP contribution in [-0.2, 0) is 6.18 Å². The summed E-state index contributed by atoms with van der Waals surface area (Å²) in [4.78, 5) is 0. The molecule has 0 aliphatic heterocycles. The van der Waals surface area contributed by atoms with Gasteiger partial charge in [-0.25, -0.2) is 0 Å². The maximum atomic E-state index is 12.3. The Hall–Kier alpha value is -0.990. The first-order valence-electron chi connectivity index (χ1n) is 4.62. The number of hydrogen-bond acceptors (Lipinski definition) is 0. The molecule has 2 atom stereocenters. The average molecular weight is 200 g/mol. The van der Waals surface area contributed by atoms with Gasteiger partial charge in [-0.2, -0.15) is 13.2 Å². The number of rotatable bonds is 0. The molecule has 1 aromatic carbocycles. The van der Waals surface area contributed by atoms with E-state index in [2.05, 4.69) is 0 Å². The lowest BCUT2D eigenvalue weighted by molar-refractivity contribution is -0.137. The third kappa shape index (κ3) is 1.22. The van der Waals surface area contributed by atoms with Gasteiger partial charge in [-0.15, -0.1) is 0 Å². The lowest BCUT2D eigenvalue weighted by Crippen LogP contribution is -2.20. The van der Waals surface area contributed by atoms with E-state index in [0.717, 1.165) is 11.1 Å². The van der Waals surface area contributed by atoms with E-state index in [9.17, 15) is 13.2 Å². The predicted octanol–water partition coefficient (Wildman–Crippen LogP) is 3.93. The van der Waals surface area contributed by atoms with E-state index in [0.29, 0.717) is 5.92 Å². The summed E-state index contributed by atoms with van der Waals surface area (Å²) in [7, 11) is 0. The zero-order valence-electron chi connectivity index (χ0n) is 8.02. The molecule has 76 valence electrons. The van der Waals surface area contributed by atoms with Crippen LogP contribution < -0.4 is 0 Å². The minimum absolute atomic E-state index is 0.257. The van der Waals surface area contributed by atoms with Crippen LogP contribution in [0.1, 0.15) is 42.4 Å². The molecule has 1 aliphatic rings. The Kier molecular flexibility index (Phi) is 1.88. The molecule has 0 heterocycles. The number of fused-ring (bicyclic) bond motifs is 1.